The van der Waals surface area contributed by atoms with Crippen LogP contribution in [-0.4, -0.2) is 16.5 Å². The van der Waals surface area contributed by atoms with E-state index in [0.717, 1.165) is 18.8 Å². The van der Waals surface area contributed by atoms with Crippen molar-refractivity contribution in [1.82, 2.24) is 9.97 Å². The molecule has 94 valence electrons. The molecule has 3 nitrogen and oxygen atoms in total. The zero-order chi connectivity index (χ0) is 13.0. The topological polar surface area (TPSA) is 37.8 Å². The summed E-state index contributed by atoms with van der Waals surface area (Å²) in [5.41, 5.74) is 0.696. The highest BCUT2D eigenvalue weighted by atomic mass is 35.5. The normalized spacial score (nSPS) is 10.4. The first-order chi connectivity index (χ1) is 8.70. The maximum Gasteiger partial charge on any atom is 0.161 e. The second-order valence-electron chi connectivity index (χ2n) is 3.82. The molecular weight excluding hydrogens is 253 g/mol. The predicted octanol–water partition coefficient (Wildman–Crippen LogP) is 3.76. The zero-order valence-corrected chi connectivity index (χ0v) is 10.7. The van der Waals surface area contributed by atoms with Crippen LogP contribution in [0.25, 0.3) is 11.4 Å². The van der Waals surface area contributed by atoms with Crippen LogP contribution in [0.4, 0.5) is 10.2 Å². The maximum absolute atomic E-state index is 13.1. The molecule has 0 spiro atoms. The summed E-state index contributed by atoms with van der Waals surface area (Å²) in [5, 5.41) is 3.24. The van der Waals surface area contributed by atoms with Crippen LogP contribution < -0.4 is 5.32 Å². The van der Waals surface area contributed by atoms with E-state index in [9.17, 15) is 4.39 Å². The molecule has 0 saturated carbocycles. The van der Waals surface area contributed by atoms with Gasteiger partial charge in [-0.05, 0) is 30.7 Å². The Bertz CT molecular complexity index is 546. The molecule has 2 rings (SSSR count). The van der Waals surface area contributed by atoms with Gasteiger partial charge in [0.25, 0.3) is 0 Å². The third kappa shape index (κ3) is 2.96. The summed E-state index contributed by atoms with van der Waals surface area (Å²) in [6.45, 7) is 2.93. The van der Waals surface area contributed by atoms with Crippen molar-refractivity contribution in [2.75, 3.05) is 11.9 Å². The van der Waals surface area contributed by atoms with Crippen molar-refractivity contribution in [2.45, 2.75) is 13.3 Å². The molecule has 0 aliphatic heterocycles. The van der Waals surface area contributed by atoms with Gasteiger partial charge in [-0.3, -0.25) is 0 Å². The number of anilines is 1. The molecule has 0 radical (unpaired) electrons. The largest absolute Gasteiger partial charge is 0.370 e. The van der Waals surface area contributed by atoms with Gasteiger partial charge < -0.3 is 5.32 Å². The molecule has 0 saturated heterocycles. The molecule has 0 bridgehead atoms. The Kier molecular flexibility index (Phi) is 4.10. The quantitative estimate of drug-likeness (QED) is 0.915. The summed E-state index contributed by atoms with van der Waals surface area (Å²) in [4.78, 5) is 8.50. The second-order valence-corrected chi connectivity index (χ2v) is 4.23. The average molecular weight is 266 g/mol. The first-order valence-electron chi connectivity index (χ1n) is 5.73. The van der Waals surface area contributed by atoms with Crippen molar-refractivity contribution >= 4 is 17.4 Å². The summed E-state index contributed by atoms with van der Waals surface area (Å²) in [7, 11) is 0. The first kappa shape index (κ1) is 12.8. The van der Waals surface area contributed by atoms with Crippen molar-refractivity contribution in [2.24, 2.45) is 0 Å². The van der Waals surface area contributed by atoms with Crippen LogP contribution in [0.1, 0.15) is 13.3 Å². The molecule has 5 heteroatoms. The molecule has 0 fully saturated rings. The van der Waals surface area contributed by atoms with Crippen LogP contribution in [0.5, 0.6) is 0 Å². The summed E-state index contributed by atoms with van der Waals surface area (Å²) < 4.78 is 13.1. The predicted molar refractivity (Wildman–Crippen MR) is 71.2 cm³/mol. The summed E-state index contributed by atoms with van der Waals surface area (Å²) >= 11 is 5.74. The van der Waals surface area contributed by atoms with Crippen LogP contribution >= 0.6 is 11.6 Å². The fourth-order valence-corrected chi connectivity index (χ4v) is 1.67. The number of hydrogen-bond acceptors (Lipinski definition) is 3. The number of hydrogen-bond donors (Lipinski definition) is 1. The van der Waals surface area contributed by atoms with E-state index in [0.29, 0.717) is 11.4 Å². The minimum absolute atomic E-state index is 0.0722. The van der Waals surface area contributed by atoms with Crippen molar-refractivity contribution in [1.29, 1.82) is 0 Å². The van der Waals surface area contributed by atoms with Gasteiger partial charge in [0.15, 0.2) is 5.82 Å². The number of rotatable bonds is 4. The van der Waals surface area contributed by atoms with Crippen molar-refractivity contribution < 1.29 is 4.39 Å². The van der Waals surface area contributed by atoms with Crippen LogP contribution in [-0.2, 0) is 0 Å². The average Bonchev–Trinajstić information content (AvgIpc) is 2.40. The van der Waals surface area contributed by atoms with E-state index in [1.54, 1.807) is 18.3 Å². The lowest BCUT2D eigenvalue weighted by Crippen LogP contribution is -2.03. The molecule has 1 aromatic heterocycles. The minimum atomic E-state index is -0.444. The number of nitrogens with zero attached hydrogens (tertiary/aromatic N) is 2. The number of halogens is 2. The molecule has 0 amide bonds. The fourth-order valence-electron chi connectivity index (χ4n) is 1.48. The van der Waals surface area contributed by atoms with Crippen molar-refractivity contribution in [3.05, 3.63) is 41.3 Å². The van der Waals surface area contributed by atoms with E-state index >= 15 is 0 Å². The standard InChI is InChI=1S/C13H13ClFN3/c1-2-6-16-12-5-7-17-13(18-12)9-3-4-11(15)10(14)8-9/h3-5,7-8H,2,6H2,1H3,(H,16,17,18). The highest BCUT2D eigenvalue weighted by molar-refractivity contribution is 6.31. The molecule has 1 heterocycles. The molecule has 1 N–H and O–H groups in total. The zero-order valence-electron chi connectivity index (χ0n) is 9.95. The minimum Gasteiger partial charge on any atom is -0.370 e. The molecule has 2 aromatic rings. The summed E-state index contributed by atoms with van der Waals surface area (Å²) in [6, 6.07) is 6.24. The van der Waals surface area contributed by atoms with Gasteiger partial charge in [0.2, 0.25) is 0 Å². The summed E-state index contributed by atoms with van der Waals surface area (Å²) in [5.74, 6) is 0.834. The van der Waals surface area contributed by atoms with Gasteiger partial charge in [-0.2, -0.15) is 0 Å². The third-order valence-corrected chi connectivity index (χ3v) is 2.68. The summed E-state index contributed by atoms with van der Waals surface area (Å²) in [6.07, 6.45) is 2.68. The highest BCUT2D eigenvalue weighted by Crippen LogP contribution is 2.22. The Balaban J connectivity index is 2.29. The van der Waals surface area contributed by atoms with Gasteiger partial charge in [-0.25, -0.2) is 14.4 Å². The maximum atomic E-state index is 13.1. The van der Waals surface area contributed by atoms with Gasteiger partial charge >= 0.3 is 0 Å². The van der Waals surface area contributed by atoms with E-state index in [1.807, 2.05) is 0 Å². The molecule has 1 aromatic carbocycles. The van der Waals surface area contributed by atoms with Gasteiger partial charge in [0.1, 0.15) is 11.6 Å². The van der Waals surface area contributed by atoms with Gasteiger partial charge in [-0.15, -0.1) is 0 Å². The molecule has 0 aliphatic rings. The van der Waals surface area contributed by atoms with Crippen molar-refractivity contribution in [3.8, 4) is 11.4 Å². The molecule has 0 unspecified atom stereocenters. The lowest BCUT2D eigenvalue weighted by atomic mass is 10.2. The molecule has 18 heavy (non-hydrogen) atoms. The third-order valence-electron chi connectivity index (χ3n) is 2.39. The SMILES string of the molecule is CCCNc1ccnc(-c2ccc(F)c(Cl)c2)n1. The van der Waals surface area contributed by atoms with E-state index in [1.165, 1.54) is 12.1 Å². The number of aromatic nitrogens is 2. The van der Waals surface area contributed by atoms with Gasteiger partial charge in [0.05, 0.1) is 5.02 Å². The van der Waals surface area contributed by atoms with Crippen LogP contribution in [0.3, 0.4) is 0 Å². The van der Waals surface area contributed by atoms with E-state index < -0.39 is 5.82 Å². The smallest absolute Gasteiger partial charge is 0.161 e. The fraction of sp³-hybridized carbons (Fsp3) is 0.231. The lowest BCUT2D eigenvalue weighted by Gasteiger charge is -2.06. The van der Waals surface area contributed by atoms with Crippen LogP contribution in [0.2, 0.25) is 5.02 Å². The first-order valence-corrected chi connectivity index (χ1v) is 6.11. The van der Waals surface area contributed by atoms with E-state index in [2.05, 4.69) is 22.2 Å². The molecular formula is C13H13ClFN3. The second kappa shape index (κ2) is 5.78. The highest BCUT2D eigenvalue weighted by Gasteiger charge is 2.06. The van der Waals surface area contributed by atoms with Crippen LogP contribution in [0, 0.1) is 5.82 Å². The monoisotopic (exact) mass is 265 g/mol. The van der Waals surface area contributed by atoms with E-state index in [-0.39, 0.29) is 5.02 Å². The Morgan fingerprint density at radius 1 is 1.33 bits per heavy atom. The van der Waals surface area contributed by atoms with Gasteiger partial charge in [0, 0.05) is 18.3 Å². The number of benzene rings is 1. The Labute approximate surface area is 110 Å². The van der Waals surface area contributed by atoms with Crippen LogP contribution in [0.15, 0.2) is 30.5 Å². The lowest BCUT2D eigenvalue weighted by molar-refractivity contribution is 0.628. The Morgan fingerprint density at radius 2 is 2.17 bits per heavy atom. The number of nitrogens with one attached hydrogen (secondary N) is 1. The van der Waals surface area contributed by atoms with E-state index in [4.69, 9.17) is 11.6 Å². The Hall–Kier alpha value is -1.68. The molecule has 0 aliphatic carbocycles. The molecule has 0 atom stereocenters. The van der Waals surface area contributed by atoms with Gasteiger partial charge in [-0.1, -0.05) is 18.5 Å². The van der Waals surface area contributed by atoms with Crippen molar-refractivity contribution in [3.63, 3.8) is 0 Å². The Morgan fingerprint density at radius 3 is 2.89 bits per heavy atom.